The highest BCUT2D eigenvalue weighted by atomic mass is 32.2. The molecule has 0 aliphatic heterocycles. The molecule has 1 N–H and O–H groups in total. The molecule has 18 heavy (non-hydrogen) atoms. The molecule has 0 aliphatic carbocycles. The fraction of sp³-hybridized carbons (Fsp3) is 0.417. The number of sulfone groups is 1. The summed E-state index contributed by atoms with van der Waals surface area (Å²) in [5, 5.41) is 3.92. The average molecular weight is 268 g/mol. The fourth-order valence-electron chi connectivity index (χ4n) is 1.46. The molecule has 0 aromatic carbocycles. The van der Waals surface area contributed by atoms with Crippen LogP contribution in [0.1, 0.15) is 13.8 Å². The van der Waals surface area contributed by atoms with Gasteiger partial charge in [0.25, 0.3) is 0 Å². The van der Waals surface area contributed by atoms with Gasteiger partial charge in [-0.3, -0.25) is 0 Å². The third-order valence-corrected chi connectivity index (χ3v) is 5.22. The van der Waals surface area contributed by atoms with Gasteiger partial charge in [0.15, 0.2) is 9.84 Å². The Labute approximate surface area is 106 Å². The number of aromatic nitrogens is 1. The van der Waals surface area contributed by atoms with Crippen molar-refractivity contribution in [2.75, 3.05) is 18.1 Å². The van der Waals surface area contributed by atoms with Crippen LogP contribution in [0.3, 0.4) is 0 Å². The monoisotopic (exact) mass is 268 g/mol. The van der Waals surface area contributed by atoms with E-state index in [0.717, 1.165) is 11.0 Å². The lowest BCUT2D eigenvalue weighted by molar-refractivity contribution is 0.559. The molecule has 2 heterocycles. The van der Waals surface area contributed by atoms with Crippen LogP contribution in [0.25, 0.3) is 11.0 Å². The number of rotatable bonds is 4. The number of pyridine rings is 1. The molecule has 0 unspecified atom stereocenters. The van der Waals surface area contributed by atoms with Crippen LogP contribution in [-0.2, 0) is 9.84 Å². The summed E-state index contributed by atoms with van der Waals surface area (Å²) >= 11 is 0. The van der Waals surface area contributed by atoms with Gasteiger partial charge in [0.2, 0.25) is 0 Å². The van der Waals surface area contributed by atoms with Gasteiger partial charge < -0.3 is 9.73 Å². The second-order valence-electron chi connectivity index (χ2n) is 4.88. The van der Waals surface area contributed by atoms with E-state index in [9.17, 15) is 8.42 Å². The lowest BCUT2D eigenvalue weighted by Crippen LogP contribution is -2.38. The van der Waals surface area contributed by atoms with E-state index in [1.165, 1.54) is 6.26 Å². The first kappa shape index (κ1) is 12.9. The molecule has 0 aliphatic rings. The lowest BCUT2D eigenvalue weighted by atomic mass is 10.2. The van der Waals surface area contributed by atoms with Crippen molar-refractivity contribution in [1.29, 1.82) is 0 Å². The van der Waals surface area contributed by atoms with Crippen LogP contribution in [-0.4, -0.2) is 30.9 Å². The van der Waals surface area contributed by atoms with Crippen LogP contribution in [0, 0.1) is 0 Å². The minimum absolute atomic E-state index is 0.295. The van der Waals surface area contributed by atoms with E-state index in [1.54, 1.807) is 38.4 Å². The molecule has 0 spiro atoms. The summed E-state index contributed by atoms with van der Waals surface area (Å²) in [7, 11) is -3.13. The van der Waals surface area contributed by atoms with Crippen molar-refractivity contribution in [3.05, 3.63) is 24.6 Å². The van der Waals surface area contributed by atoms with Gasteiger partial charge in [-0.1, -0.05) is 0 Å². The Balaban J connectivity index is 2.23. The molecule has 0 atom stereocenters. The standard InChI is InChI=1S/C12H16N2O3S/c1-12(2,18(3,15)16)8-14-11-9-5-7-17-10(9)4-6-13-11/h4-7H,8H2,1-3H3,(H,13,14). The largest absolute Gasteiger partial charge is 0.464 e. The molecule has 0 saturated carbocycles. The zero-order valence-corrected chi connectivity index (χ0v) is 11.4. The summed E-state index contributed by atoms with van der Waals surface area (Å²) in [6.07, 6.45) is 4.45. The van der Waals surface area contributed by atoms with Crippen molar-refractivity contribution in [1.82, 2.24) is 4.98 Å². The zero-order valence-electron chi connectivity index (χ0n) is 10.6. The molecule has 0 saturated heterocycles. The Hall–Kier alpha value is -1.56. The SMILES string of the molecule is CC(C)(CNc1nccc2occc12)S(C)(=O)=O. The lowest BCUT2D eigenvalue weighted by Gasteiger charge is -2.23. The average Bonchev–Trinajstić information content (AvgIpc) is 2.73. The molecule has 5 nitrogen and oxygen atoms in total. The molecule has 2 aromatic rings. The molecule has 2 aromatic heterocycles. The Morgan fingerprint density at radius 1 is 1.39 bits per heavy atom. The van der Waals surface area contributed by atoms with Crippen molar-refractivity contribution in [3.63, 3.8) is 0 Å². The second kappa shape index (κ2) is 4.28. The number of hydrogen-bond donors (Lipinski definition) is 1. The Kier molecular flexibility index (Phi) is 3.06. The van der Waals surface area contributed by atoms with Crippen molar-refractivity contribution in [3.8, 4) is 0 Å². The maximum absolute atomic E-state index is 11.6. The van der Waals surface area contributed by atoms with E-state index in [-0.39, 0.29) is 0 Å². The van der Waals surface area contributed by atoms with Crippen molar-refractivity contribution in [2.45, 2.75) is 18.6 Å². The fourth-order valence-corrected chi connectivity index (χ4v) is 1.80. The van der Waals surface area contributed by atoms with Crippen molar-refractivity contribution < 1.29 is 12.8 Å². The number of furan rings is 1. The van der Waals surface area contributed by atoms with Gasteiger partial charge >= 0.3 is 0 Å². The highest BCUT2D eigenvalue weighted by molar-refractivity contribution is 7.92. The van der Waals surface area contributed by atoms with Crippen LogP contribution >= 0.6 is 0 Å². The van der Waals surface area contributed by atoms with Gasteiger partial charge in [-0.2, -0.15) is 0 Å². The van der Waals surface area contributed by atoms with Crippen LogP contribution in [0.4, 0.5) is 5.82 Å². The van der Waals surface area contributed by atoms with Gasteiger partial charge in [-0.15, -0.1) is 0 Å². The Morgan fingerprint density at radius 2 is 2.11 bits per heavy atom. The topological polar surface area (TPSA) is 72.2 Å². The van der Waals surface area contributed by atoms with Crippen molar-refractivity contribution in [2.24, 2.45) is 0 Å². The first-order valence-corrected chi connectivity index (χ1v) is 7.46. The van der Waals surface area contributed by atoms with Crippen LogP contribution < -0.4 is 5.32 Å². The number of hydrogen-bond acceptors (Lipinski definition) is 5. The number of nitrogens with zero attached hydrogens (tertiary/aromatic N) is 1. The zero-order chi connectivity index (χ0) is 13.4. The summed E-state index contributed by atoms with van der Waals surface area (Å²) in [6, 6.07) is 3.57. The van der Waals surface area contributed by atoms with Gasteiger partial charge in [0, 0.05) is 19.0 Å². The molecule has 0 amide bonds. The molecule has 6 heteroatoms. The molecule has 0 radical (unpaired) electrons. The third kappa shape index (κ3) is 2.33. The summed E-state index contributed by atoms with van der Waals surface area (Å²) in [5.41, 5.74) is 0.727. The predicted molar refractivity (Wildman–Crippen MR) is 71.4 cm³/mol. The van der Waals surface area contributed by atoms with E-state index >= 15 is 0 Å². The first-order chi connectivity index (χ1) is 8.31. The maximum atomic E-state index is 11.6. The molecule has 98 valence electrons. The van der Waals surface area contributed by atoms with E-state index < -0.39 is 14.6 Å². The summed E-state index contributed by atoms with van der Waals surface area (Å²) < 4.78 is 27.6. The molecular weight excluding hydrogens is 252 g/mol. The summed E-state index contributed by atoms with van der Waals surface area (Å²) in [4.78, 5) is 4.20. The van der Waals surface area contributed by atoms with Gasteiger partial charge in [0.05, 0.1) is 16.4 Å². The number of fused-ring (bicyclic) bond motifs is 1. The van der Waals surface area contributed by atoms with Gasteiger partial charge in [-0.05, 0) is 26.0 Å². The normalized spacial score (nSPS) is 12.8. The van der Waals surface area contributed by atoms with Gasteiger partial charge in [-0.25, -0.2) is 13.4 Å². The predicted octanol–water partition coefficient (Wildman–Crippen LogP) is 2.06. The molecule has 2 rings (SSSR count). The highest BCUT2D eigenvalue weighted by Crippen LogP contribution is 2.23. The Morgan fingerprint density at radius 3 is 2.78 bits per heavy atom. The van der Waals surface area contributed by atoms with E-state index in [0.29, 0.717) is 12.4 Å². The van der Waals surface area contributed by atoms with Crippen molar-refractivity contribution >= 4 is 26.6 Å². The van der Waals surface area contributed by atoms with Crippen LogP contribution in [0.15, 0.2) is 29.0 Å². The number of anilines is 1. The summed E-state index contributed by atoms with van der Waals surface area (Å²) in [6.45, 7) is 3.67. The van der Waals surface area contributed by atoms with E-state index in [4.69, 9.17) is 4.42 Å². The van der Waals surface area contributed by atoms with Gasteiger partial charge in [0.1, 0.15) is 11.4 Å². The highest BCUT2D eigenvalue weighted by Gasteiger charge is 2.30. The third-order valence-electron chi connectivity index (χ3n) is 3.07. The molecular formula is C12H16N2O3S. The Bertz CT molecular complexity index is 659. The quantitative estimate of drug-likeness (QED) is 0.919. The molecule has 0 bridgehead atoms. The minimum atomic E-state index is -3.13. The maximum Gasteiger partial charge on any atom is 0.154 e. The smallest absolute Gasteiger partial charge is 0.154 e. The second-order valence-corrected chi connectivity index (χ2v) is 7.53. The minimum Gasteiger partial charge on any atom is -0.464 e. The van der Waals surface area contributed by atoms with E-state index in [1.807, 2.05) is 0 Å². The van der Waals surface area contributed by atoms with Crippen LogP contribution in [0.5, 0.6) is 0 Å². The van der Waals surface area contributed by atoms with Crippen LogP contribution in [0.2, 0.25) is 0 Å². The number of nitrogens with one attached hydrogen (secondary N) is 1. The first-order valence-electron chi connectivity index (χ1n) is 5.57. The summed E-state index contributed by atoms with van der Waals surface area (Å²) in [5.74, 6) is 0.637. The molecule has 0 fully saturated rings. The van der Waals surface area contributed by atoms with E-state index in [2.05, 4.69) is 10.3 Å².